The van der Waals surface area contributed by atoms with Crippen molar-refractivity contribution in [1.82, 2.24) is 15.3 Å². The van der Waals surface area contributed by atoms with E-state index in [1.54, 1.807) is 12.1 Å². The summed E-state index contributed by atoms with van der Waals surface area (Å²) < 4.78 is 0. The minimum atomic E-state index is -1.07. The van der Waals surface area contributed by atoms with Gasteiger partial charge in [0, 0.05) is 35.5 Å². The molecule has 6 nitrogen and oxygen atoms in total. The molecule has 0 spiro atoms. The van der Waals surface area contributed by atoms with Gasteiger partial charge in [-0.2, -0.15) is 0 Å². The van der Waals surface area contributed by atoms with Crippen LogP contribution in [0.2, 0.25) is 0 Å². The maximum Gasteiger partial charge on any atom is 0.326 e. The molecule has 0 saturated heterocycles. The predicted octanol–water partition coefficient (Wildman–Crippen LogP) is 8.12. The molecule has 1 heterocycles. The van der Waals surface area contributed by atoms with Gasteiger partial charge in [0.2, 0.25) is 0 Å². The summed E-state index contributed by atoms with van der Waals surface area (Å²) in [5, 5.41) is 12.5. The molecular formula is C38H43N3O3. The molecule has 0 bridgehead atoms. The third kappa shape index (κ3) is 7.98. The summed E-state index contributed by atoms with van der Waals surface area (Å²) >= 11 is 0. The Labute approximate surface area is 261 Å². The number of aromatic nitrogens is 2. The van der Waals surface area contributed by atoms with E-state index < -0.39 is 17.9 Å². The Morgan fingerprint density at radius 3 is 1.91 bits per heavy atom. The second-order valence-corrected chi connectivity index (χ2v) is 12.6. The molecule has 6 heteroatoms. The van der Waals surface area contributed by atoms with E-state index in [4.69, 9.17) is 0 Å². The number of nitrogens with zero attached hydrogens (tertiary/aromatic N) is 2. The molecule has 5 rings (SSSR count). The van der Waals surface area contributed by atoms with Gasteiger partial charge in [0.15, 0.2) is 5.82 Å². The Hall–Kier alpha value is -4.32. The lowest BCUT2D eigenvalue weighted by molar-refractivity contribution is -0.139. The summed E-state index contributed by atoms with van der Waals surface area (Å²) in [4.78, 5) is 34.0. The number of aliphatic carboxylic acids is 1. The van der Waals surface area contributed by atoms with Crippen LogP contribution < -0.4 is 5.32 Å². The van der Waals surface area contributed by atoms with Gasteiger partial charge in [-0.1, -0.05) is 87.9 Å². The monoisotopic (exact) mass is 589 g/mol. The van der Waals surface area contributed by atoms with Crippen LogP contribution in [-0.4, -0.2) is 33.0 Å². The fourth-order valence-corrected chi connectivity index (χ4v) is 6.21. The first-order valence-electron chi connectivity index (χ1n) is 15.9. The van der Waals surface area contributed by atoms with Crippen molar-refractivity contribution >= 4 is 11.9 Å². The number of carbonyl (C=O) groups is 2. The molecule has 0 radical (unpaired) electrons. The van der Waals surface area contributed by atoms with Crippen molar-refractivity contribution < 1.29 is 14.7 Å². The van der Waals surface area contributed by atoms with Crippen molar-refractivity contribution in [3.8, 4) is 22.5 Å². The molecule has 0 unspecified atom stereocenters. The molecule has 1 aromatic heterocycles. The molecule has 1 aliphatic rings. The molecule has 2 N–H and O–H groups in total. The quantitative estimate of drug-likeness (QED) is 0.184. The summed E-state index contributed by atoms with van der Waals surface area (Å²) in [5.41, 5.74) is 6.75. The third-order valence-corrected chi connectivity index (χ3v) is 8.91. The highest BCUT2D eigenvalue weighted by Crippen LogP contribution is 2.37. The van der Waals surface area contributed by atoms with E-state index in [0.29, 0.717) is 23.2 Å². The van der Waals surface area contributed by atoms with Crippen LogP contribution in [0.4, 0.5) is 0 Å². The number of amides is 1. The van der Waals surface area contributed by atoms with Gasteiger partial charge in [0.05, 0.1) is 0 Å². The highest BCUT2D eigenvalue weighted by molar-refractivity contribution is 5.96. The highest BCUT2D eigenvalue weighted by atomic mass is 16.4. The van der Waals surface area contributed by atoms with Crippen LogP contribution in [0, 0.1) is 11.8 Å². The summed E-state index contributed by atoms with van der Waals surface area (Å²) in [7, 11) is 0. The lowest BCUT2D eigenvalue weighted by atomic mass is 9.78. The van der Waals surface area contributed by atoms with Crippen LogP contribution in [0.1, 0.15) is 85.8 Å². The minimum Gasteiger partial charge on any atom is -0.480 e. The van der Waals surface area contributed by atoms with Crippen LogP contribution in [0.5, 0.6) is 0 Å². The van der Waals surface area contributed by atoms with Crippen molar-refractivity contribution in [3.63, 3.8) is 0 Å². The number of carboxylic acids is 1. The predicted molar refractivity (Wildman–Crippen MR) is 175 cm³/mol. The van der Waals surface area contributed by atoms with Gasteiger partial charge >= 0.3 is 5.97 Å². The van der Waals surface area contributed by atoms with E-state index in [9.17, 15) is 14.7 Å². The molecule has 1 atom stereocenters. The molecular weight excluding hydrogens is 546 g/mol. The summed E-state index contributed by atoms with van der Waals surface area (Å²) in [6.45, 7) is 6.59. The maximum absolute atomic E-state index is 12.8. The van der Waals surface area contributed by atoms with E-state index >= 15 is 0 Å². The van der Waals surface area contributed by atoms with E-state index in [0.717, 1.165) is 40.2 Å². The van der Waals surface area contributed by atoms with Crippen molar-refractivity contribution in [1.29, 1.82) is 0 Å². The zero-order valence-electron chi connectivity index (χ0n) is 26.0. The second-order valence-electron chi connectivity index (χ2n) is 12.6. The minimum absolute atomic E-state index is 0.169. The van der Waals surface area contributed by atoms with Crippen molar-refractivity contribution in [2.75, 3.05) is 0 Å². The zero-order valence-corrected chi connectivity index (χ0v) is 26.0. The maximum atomic E-state index is 12.8. The van der Waals surface area contributed by atoms with Crippen LogP contribution in [-0.2, 0) is 17.6 Å². The van der Waals surface area contributed by atoms with Crippen molar-refractivity contribution in [2.24, 2.45) is 11.8 Å². The molecule has 1 aliphatic carbocycles. The summed E-state index contributed by atoms with van der Waals surface area (Å²) in [6.07, 6.45) is 11.3. The van der Waals surface area contributed by atoms with Crippen molar-refractivity contribution in [3.05, 3.63) is 107 Å². The number of carbonyl (C=O) groups excluding carboxylic acids is 1. The number of benzene rings is 3. The second kappa shape index (κ2) is 14.4. The molecule has 4 aromatic rings. The average molecular weight is 590 g/mol. The van der Waals surface area contributed by atoms with E-state index in [1.165, 1.54) is 37.7 Å². The van der Waals surface area contributed by atoms with Crippen LogP contribution in [0.25, 0.3) is 22.5 Å². The first kappa shape index (κ1) is 31.1. The van der Waals surface area contributed by atoms with E-state index in [2.05, 4.69) is 60.3 Å². The van der Waals surface area contributed by atoms with Gasteiger partial charge < -0.3 is 10.4 Å². The van der Waals surface area contributed by atoms with Gasteiger partial charge in [-0.25, -0.2) is 14.8 Å². The lowest BCUT2D eigenvalue weighted by Gasteiger charge is -2.28. The number of rotatable bonds is 11. The Balaban J connectivity index is 1.18. The lowest BCUT2D eigenvalue weighted by Crippen LogP contribution is -2.42. The molecule has 0 aliphatic heterocycles. The topological polar surface area (TPSA) is 92.2 Å². The Bertz CT molecular complexity index is 1520. The zero-order chi connectivity index (χ0) is 31.1. The van der Waals surface area contributed by atoms with Gasteiger partial charge in [-0.3, -0.25) is 4.79 Å². The fraction of sp³-hybridized carbons (Fsp3) is 0.368. The molecule has 1 amide bonds. The summed E-state index contributed by atoms with van der Waals surface area (Å²) in [6, 6.07) is 22.7. The number of hydrogen-bond acceptors (Lipinski definition) is 4. The van der Waals surface area contributed by atoms with Crippen LogP contribution in [0.3, 0.4) is 0 Å². The first-order chi connectivity index (χ1) is 21.3. The van der Waals surface area contributed by atoms with E-state index in [1.807, 2.05) is 48.8 Å². The van der Waals surface area contributed by atoms with Gasteiger partial charge in [-0.05, 0) is 84.2 Å². The van der Waals surface area contributed by atoms with E-state index in [-0.39, 0.29) is 6.42 Å². The Morgan fingerprint density at radius 2 is 1.34 bits per heavy atom. The van der Waals surface area contributed by atoms with Gasteiger partial charge in [-0.15, -0.1) is 0 Å². The number of hydrogen-bond donors (Lipinski definition) is 2. The molecule has 3 aromatic carbocycles. The Kier molecular flexibility index (Phi) is 10.2. The van der Waals surface area contributed by atoms with Crippen LogP contribution in [0.15, 0.2) is 85.2 Å². The Morgan fingerprint density at radius 1 is 0.773 bits per heavy atom. The third-order valence-electron chi connectivity index (χ3n) is 8.91. The number of nitrogens with one attached hydrogen (secondary N) is 1. The van der Waals surface area contributed by atoms with Gasteiger partial charge in [0.25, 0.3) is 5.91 Å². The van der Waals surface area contributed by atoms with Gasteiger partial charge in [0.1, 0.15) is 6.04 Å². The fourth-order valence-electron chi connectivity index (χ4n) is 6.21. The van der Waals surface area contributed by atoms with Crippen molar-refractivity contribution in [2.45, 2.75) is 77.7 Å². The SMILES string of the molecule is CCC1CCC(c2ccc(-c3cnc(-c4ccc(C[C@H](NC(=O)c5ccc(CC(C)C)cc5)C(=O)O)cc4)nc3)cc2)CC1. The molecule has 1 fully saturated rings. The molecule has 44 heavy (non-hydrogen) atoms. The normalized spacial score (nSPS) is 17.3. The molecule has 228 valence electrons. The largest absolute Gasteiger partial charge is 0.480 e. The standard InChI is InChI=1S/C38H43N3O3/c1-4-26-5-11-29(12-6-26)30-17-19-31(20-18-30)34-23-39-36(40-24-34)32-13-7-28(8-14-32)22-35(38(43)44)41-37(42)33-15-9-27(10-16-33)21-25(2)3/h7-10,13-20,23-26,29,35H,4-6,11-12,21-22H2,1-3H3,(H,41,42)(H,43,44)/t26?,29?,35-/m0/s1. The van der Waals surface area contributed by atoms with Crippen LogP contribution >= 0.6 is 0 Å². The first-order valence-corrected chi connectivity index (χ1v) is 15.9. The smallest absolute Gasteiger partial charge is 0.326 e. The molecule has 1 saturated carbocycles. The summed E-state index contributed by atoms with van der Waals surface area (Å²) in [5.74, 6) is 1.22. The average Bonchev–Trinajstić information content (AvgIpc) is 3.05. The highest BCUT2D eigenvalue weighted by Gasteiger charge is 2.22. The number of carboxylic acid groups (broad SMARTS) is 1.